The smallest absolute Gasteiger partial charge is 0.272 e. The first-order chi connectivity index (χ1) is 7.00. The number of benzene rings is 1. The number of carbonyl (C=O) groups excluding carboxylic acids is 1. The van der Waals surface area contributed by atoms with Gasteiger partial charge in [-0.2, -0.15) is 8.42 Å². The number of carbonyl (C=O) groups is 1. The van der Waals surface area contributed by atoms with E-state index in [2.05, 4.69) is 0 Å². The van der Waals surface area contributed by atoms with Crippen molar-refractivity contribution in [2.24, 2.45) is 0 Å². The van der Waals surface area contributed by atoms with Crippen molar-refractivity contribution >= 4 is 35.1 Å². The first-order valence-electron chi connectivity index (χ1n) is 4.18. The SMILES string of the molecule is [B]c1ccccc1N1CC(=O)NS1(=O)=O. The molecule has 0 spiro atoms. The van der Waals surface area contributed by atoms with Crippen molar-refractivity contribution in [2.75, 3.05) is 10.8 Å². The lowest BCUT2D eigenvalue weighted by atomic mass is 9.94. The van der Waals surface area contributed by atoms with E-state index in [1.165, 1.54) is 0 Å². The minimum absolute atomic E-state index is 0.226. The third kappa shape index (κ3) is 1.70. The maximum atomic E-state index is 11.5. The Labute approximate surface area is 88.7 Å². The largest absolute Gasteiger partial charge is 0.326 e. The molecule has 0 unspecified atom stereocenters. The van der Waals surface area contributed by atoms with Crippen molar-refractivity contribution in [1.82, 2.24) is 4.72 Å². The van der Waals surface area contributed by atoms with Gasteiger partial charge in [-0.15, -0.1) is 0 Å². The molecule has 1 aliphatic heterocycles. The molecule has 1 aromatic carbocycles. The van der Waals surface area contributed by atoms with E-state index in [0.29, 0.717) is 11.2 Å². The van der Waals surface area contributed by atoms with Gasteiger partial charge in [-0.05, 0) is 6.07 Å². The summed E-state index contributed by atoms with van der Waals surface area (Å²) >= 11 is 0. The van der Waals surface area contributed by atoms with Crippen molar-refractivity contribution in [3.8, 4) is 0 Å². The lowest BCUT2D eigenvalue weighted by Crippen LogP contribution is -2.32. The zero-order chi connectivity index (χ0) is 11.1. The molecule has 1 saturated heterocycles. The number of anilines is 1. The Morgan fingerprint density at radius 1 is 1.33 bits per heavy atom. The van der Waals surface area contributed by atoms with E-state index in [4.69, 9.17) is 7.85 Å². The van der Waals surface area contributed by atoms with Crippen LogP contribution in [0.15, 0.2) is 24.3 Å². The Morgan fingerprint density at radius 3 is 2.53 bits per heavy atom. The van der Waals surface area contributed by atoms with Gasteiger partial charge >= 0.3 is 10.2 Å². The molecule has 5 nitrogen and oxygen atoms in total. The fourth-order valence-electron chi connectivity index (χ4n) is 1.38. The molecule has 2 radical (unpaired) electrons. The van der Waals surface area contributed by atoms with E-state index in [1.54, 1.807) is 24.3 Å². The zero-order valence-electron chi connectivity index (χ0n) is 7.67. The van der Waals surface area contributed by atoms with Crippen LogP contribution < -0.4 is 14.5 Å². The minimum Gasteiger partial charge on any atom is -0.272 e. The number of nitrogens with zero attached hydrogens (tertiary/aromatic N) is 1. The molecular weight excluding hydrogens is 215 g/mol. The molecule has 0 bridgehead atoms. The highest BCUT2D eigenvalue weighted by Crippen LogP contribution is 2.16. The van der Waals surface area contributed by atoms with E-state index in [1.807, 2.05) is 4.72 Å². The number of amides is 1. The number of hydrogen-bond acceptors (Lipinski definition) is 3. The summed E-state index contributed by atoms with van der Waals surface area (Å²) < 4.78 is 25.7. The Hall–Kier alpha value is -1.50. The normalized spacial score (nSPS) is 18.9. The average molecular weight is 222 g/mol. The van der Waals surface area contributed by atoms with Gasteiger partial charge in [0.25, 0.3) is 5.91 Å². The highest BCUT2D eigenvalue weighted by atomic mass is 32.2. The van der Waals surface area contributed by atoms with Crippen molar-refractivity contribution in [2.45, 2.75) is 0 Å². The summed E-state index contributed by atoms with van der Waals surface area (Å²) in [6.45, 7) is -0.226. The van der Waals surface area contributed by atoms with Crippen LogP contribution in [0.1, 0.15) is 0 Å². The first kappa shape index (κ1) is 10.0. The molecule has 0 atom stereocenters. The van der Waals surface area contributed by atoms with Gasteiger partial charge in [-0.1, -0.05) is 23.7 Å². The van der Waals surface area contributed by atoms with E-state index in [9.17, 15) is 13.2 Å². The minimum atomic E-state index is -3.76. The molecule has 7 heteroatoms. The van der Waals surface area contributed by atoms with E-state index in [-0.39, 0.29) is 6.54 Å². The summed E-state index contributed by atoms with van der Waals surface area (Å²) in [6, 6.07) is 6.47. The second-order valence-electron chi connectivity index (χ2n) is 3.10. The summed E-state index contributed by atoms with van der Waals surface area (Å²) in [5.74, 6) is -0.557. The summed E-state index contributed by atoms with van der Waals surface area (Å²) in [7, 11) is 1.86. The maximum absolute atomic E-state index is 11.5. The fraction of sp³-hybridized carbons (Fsp3) is 0.125. The predicted octanol–water partition coefficient (Wildman–Crippen LogP) is -1.34. The summed E-state index contributed by atoms with van der Waals surface area (Å²) in [6.07, 6.45) is 0. The topological polar surface area (TPSA) is 66.5 Å². The monoisotopic (exact) mass is 222 g/mol. The van der Waals surface area contributed by atoms with Gasteiger partial charge in [0.05, 0.1) is 0 Å². The second-order valence-corrected chi connectivity index (χ2v) is 4.69. The molecule has 76 valence electrons. The molecule has 1 fully saturated rings. The molecular formula is C8H7BN2O3S. The Kier molecular flexibility index (Phi) is 2.19. The third-order valence-electron chi connectivity index (χ3n) is 2.03. The molecule has 1 heterocycles. The van der Waals surface area contributed by atoms with E-state index >= 15 is 0 Å². The number of rotatable bonds is 1. The molecule has 15 heavy (non-hydrogen) atoms. The zero-order valence-corrected chi connectivity index (χ0v) is 8.49. The highest BCUT2D eigenvalue weighted by Gasteiger charge is 2.34. The fourth-order valence-corrected chi connectivity index (χ4v) is 2.55. The van der Waals surface area contributed by atoms with E-state index < -0.39 is 16.1 Å². The molecule has 0 aromatic heterocycles. The van der Waals surface area contributed by atoms with Crippen LogP contribution in [0.2, 0.25) is 0 Å². The standard InChI is InChI=1S/C8H7BN2O3S/c9-6-3-1-2-4-7(6)11-5-8(12)10-15(11,13)14/h1-4H,5H2,(H,10,12). The number of para-hydroxylation sites is 1. The lowest BCUT2D eigenvalue weighted by molar-refractivity contribution is -0.117. The van der Waals surface area contributed by atoms with Gasteiger partial charge in [0.1, 0.15) is 14.4 Å². The van der Waals surface area contributed by atoms with Gasteiger partial charge in [-0.25, -0.2) is 9.03 Å². The molecule has 2 rings (SSSR count). The van der Waals surface area contributed by atoms with Gasteiger partial charge in [0.15, 0.2) is 0 Å². The van der Waals surface area contributed by atoms with Crippen LogP contribution in [0.5, 0.6) is 0 Å². The Balaban J connectivity index is 2.49. The number of hydrogen-bond donors (Lipinski definition) is 1. The predicted molar refractivity (Wildman–Crippen MR) is 56.2 cm³/mol. The Bertz CT molecular complexity index is 514. The van der Waals surface area contributed by atoms with Crippen molar-refractivity contribution < 1.29 is 13.2 Å². The second kappa shape index (κ2) is 3.27. The van der Waals surface area contributed by atoms with E-state index in [0.717, 1.165) is 4.31 Å². The first-order valence-corrected chi connectivity index (χ1v) is 5.62. The molecule has 1 aromatic rings. The molecule has 1 amide bonds. The van der Waals surface area contributed by atoms with Crippen LogP contribution in [-0.4, -0.2) is 28.7 Å². The van der Waals surface area contributed by atoms with Gasteiger partial charge in [-0.3, -0.25) is 4.79 Å². The van der Waals surface area contributed by atoms with Gasteiger partial charge in [0.2, 0.25) is 0 Å². The maximum Gasteiger partial charge on any atom is 0.326 e. The van der Waals surface area contributed by atoms with Crippen molar-refractivity contribution in [3.63, 3.8) is 0 Å². The average Bonchev–Trinajstić information content (AvgIpc) is 2.40. The van der Waals surface area contributed by atoms with Crippen LogP contribution >= 0.6 is 0 Å². The summed E-state index contributed by atoms with van der Waals surface area (Å²) in [4.78, 5) is 11.0. The highest BCUT2D eigenvalue weighted by molar-refractivity contribution is 7.92. The van der Waals surface area contributed by atoms with Crippen LogP contribution in [-0.2, 0) is 15.0 Å². The molecule has 1 aliphatic rings. The van der Waals surface area contributed by atoms with Crippen LogP contribution in [0.3, 0.4) is 0 Å². The number of nitrogens with one attached hydrogen (secondary N) is 1. The third-order valence-corrected chi connectivity index (χ3v) is 3.42. The van der Waals surface area contributed by atoms with Crippen LogP contribution in [0.25, 0.3) is 0 Å². The van der Waals surface area contributed by atoms with Crippen molar-refractivity contribution in [3.05, 3.63) is 24.3 Å². The Morgan fingerprint density at radius 2 is 2.00 bits per heavy atom. The molecule has 1 N–H and O–H groups in total. The van der Waals surface area contributed by atoms with Crippen LogP contribution in [0, 0.1) is 0 Å². The lowest BCUT2D eigenvalue weighted by Gasteiger charge is -2.16. The van der Waals surface area contributed by atoms with Crippen molar-refractivity contribution in [1.29, 1.82) is 0 Å². The van der Waals surface area contributed by atoms with Gasteiger partial charge in [0, 0.05) is 5.69 Å². The molecule has 0 aliphatic carbocycles. The summed E-state index contributed by atoms with van der Waals surface area (Å²) in [5.41, 5.74) is 0.633. The van der Waals surface area contributed by atoms with Gasteiger partial charge < -0.3 is 0 Å². The summed E-state index contributed by atoms with van der Waals surface area (Å²) in [5, 5.41) is 0. The quantitative estimate of drug-likeness (QED) is 0.598. The van der Waals surface area contributed by atoms with Crippen LogP contribution in [0.4, 0.5) is 5.69 Å². The molecule has 0 saturated carbocycles.